The summed E-state index contributed by atoms with van der Waals surface area (Å²) in [5.74, 6) is 0.961. The van der Waals surface area contributed by atoms with Gasteiger partial charge in [-0.05, 0) is 12.1 Å². The third-order valence-corrected chi connectivity index (χ3v) is 4.52. The Morgan fingerprint density at radius 1 is 1.32 bits per heavy atom. The average molecular weight is 356 g/mol. The Balaban J connectivity index is 1.43. The second-order valence-electron chi connectivity index (χ2n) is 5.89. The number of nitrogens with zero attached hydrogens (tertiary/aromatic N) is 3. The van der Waals surface area contributed by atoms with Crippen LogP contribution >= 0.6 is 12.6 Å². The van der Waals surface area contributed by atoms with Crippen molar-refractivity contribution in [1.29, 1.82) is 0 Å². The van der Waals surface area contributed by atoms with Gasteiger partial charge in [-0.15, -0.1) is 12.6 Å². The number of allylic oxidation sites excluding steroid dienone is 1. The molecule has 1 atom stereocenters. The van der Waals surface area contributed by atoms with Gasteiger partial charge in [-0.25, -0.2) is 4.99 Å². The third-order valence-electron chi connectivity index (χ3n) is 4.19. The van der Waals surface area contributed by atoms with Crippen molar-refractivity contribution < 1.29 is 4.74 Å². The van der Waals surface area contributed by atoms with Crippen molar-refractivity contribution in [3.8, 4) is 0 Å². The Morgan fingerprint density at radius 2 is 2.16 bits per heavy atom. The third kappa shape index (κ3) is 3.49. The van der Waals surface area contributed by atoms with Crippen LogP contribution < -0.4 is 10.7 Å². The maximum absolute atomic E-state index is 5.39. The molecule has 2 aliphatic rings. The monoisotopic (exact) mass is 356 g/mol. The molecule has 0 bridgehead atoms. The number of hydrazone groups is 1. The molecule has 0 aliphatic carbocycles. The maximum Gasteiger partial charge on any atom is 0.269 e. The van der Waals surface area contributed by atoms with Crippen molar-refractivity contribution in [2.24, 2.45) is 10.1 Å². The fourth-order valence-corrected chi connectivity index (χ4v) is 3.15. The number of aromatic nitrogens is 1. The number of hydrogen-bond acceptors (Lipinski definition) is 7. The molecule has 2 aliphatic heterocycles. The lowest BCUT2D eigenvalue weighted by molar-refractivity contribution is 0.0485. The summed E-state index contributed by atoms with van der Waals surface area (Å²) in [5.41, 5.74) is 5.07. The molecule has 130 valence electrons. The lowest BCUT2D eigenvalue weighted by Gasteiger charge is -2.37. The van der Waals surface area contributed by atoms with Gasteiger partial charge in [0.15, 0.2) is 0 Å². The number of thiol groups is 1. The van der Waals surface area contributed by atoms with E-state index < -0.39 is 5.12 Å². The molecule has 1 aromatic heterocycles. The Bertz CT molecular complexity index is 839. The molecule has 3 N–H and O–H groups in total. The SMILES string of the molecule is SC1(NN=Cc2c[nH]c3ccccc23)N=CC=C(N2CCOCC2)N1. The summed E-state index contributed by atoms with van der Waals surface area (Å²) < 4.78 is 5.39. The molecular weight excluding hydrogens is 336 g/mol. The molecule has 7 nitrogen and oxygen atoms in total. The average Bonchev–Trinajstić information content (AvgIpc) is 3.06. The van der Waals surface area contributed by atoms with E-state index in [1.165, 1.54) is 0 Å². The summed E-state index contributed by atoms with van der Waals surface area (Å²) in [6, 6.07) is 8.10. The van der Waals surface area contributed by atoms with Crippen LogP contribution in [0.15, 0.2) is 52.5 Å². The van der Waals surface area contributed by atoms with Gasteiger partial charge in [-0.2, -0.15) is 5.10 Å². The highest BCUT2D eigenvalue weighted by molar-refractivity contribution is 7.81. The first-order chi connectivity index (χ1) is 12.2. The second kappa shape index (κ2) is 6.81. The smallest absolute Gasteiger partial charge is 0.269 e. The van der Waals surface area contributed by atoms with Crippen LogP contribution in [0.25, 0.3) is 10.9 Å². The second-order valence-corrected chi connectivity index (χ2v) is 6.53. The van der Waals surface area contributed by atoms with E-state index in [1.54, 1.807) is 12.4 Å². The minimum atomic E-state index is -0.981. The van der Waals surface area contributed by atoms with Gasteiger partial charge in [0, 0.05) is 42.0 Å². The van der Waals surface area contributed by atoms with Crippen molar-refractivity contribution in [2.45, 2.75) is 5.12 Å². The molecule has 1 saturated heterocycles. The Labute approximate surface area is 151 Å². The van der Waals surface area contributed by atoms with Gasteiger partial charge in [-0.1, -0.05) is 18.2 Å². The van der Waals surface area contributed by atoms with E-state index in [0.717, 1.165) is 48.6 Å². The van der Waals surface area contributed by atoms with Crippen LogP contribution in [0.4, 0.5) is 0 Å². The van der Waals surface area contributed by atoms with Gasteiger partial charge in [0.1, 0.15) is 5.82 Å². The number of hydrogen-bond donors (Lipinski definition) is 4. The van der Waals surface area contributed by atoms with E-state index in [4.69, 9.17) is 4.74 Å². The Kier molecular flexibility index (Phi) is 4.37. The standard InChI is InChI=1S/C17H20N6OS/c25-17(19-6-5-16(21-17)23-7-9-24-10-8-23)22-20-12-13-11-18-15-4-2-1-3-14(13)15/h1-6,11-12,18,21-22,25H,7-10H2. The normalized spacial score (nSPS) is 23.7. The first-order valence-corrected chi connectivity index (χ1v) is 8.63. The van der Waals surface area contributed by atoms with Crippen LogP contribution in [0.2, 0.25) is 0 Å². The largest absolute Gasteiger partial charge is 0.378 e. The van der Waals surface area contributed by atoms with Crippen LogP contribution in [0.5, 0.6) is 0 Å². The molecule has 1 aromatic carbocycles. The van der Waals surface area contributed by atoms with Crippen LogP contribution in [0.3, 0.4) is 0 Å². The lowest BCUT2D eigenvalue weighted by atomic mass is 10.2. The number of aliphatic imine (C=N–C) groups is 1. The minimum absolute atomic E-state index is 0.724. The van der Waals surface area contributed by atoms with Crippen LogP contribution in [0, 0.1) is 0 Å². The van der Waals surface area contributed by atoms with Gasteiger partial charge < -0.3 is 19.9 Å². The fraction of sp³-hybridized carbons (Fsp3) is 0.294. The van der Waals surface area contributed by atoms with E-state index in [9.17, 15) is 0 Å². The number of rotatable bonds is 4. The number of ether oxygens (including phenoxy) is 1. The van der Waals surface area contributed by atoms with E-state index in [1.807, 2.05) is 30.5 Å². The first-order valence-electron chi connectivity index (χ1n) is 8.19. The lowest BCUT2D eigenvalue weighted by Crippen LogP contribution is -2.54. The van der Waals surface area contributed by atoms with Crippen molar-refractivity contribution >= 4 is 36.0 Å². The van der Waals surface area contributed by atoms with Crippen molar-refractivity contribution in [2.75, 3.05) is 26.3 Å². The molecule has 8 heteroatoms. The molecule has 0 spiro atoms. The zero-order chi connectivity index (χ0) is 17.1. The molecule has 2 aromatic rings. The van der Waals surface area contributed by atoms with Crippen LogP contribution in [-0.2, 0) is 4.74 Å². The van der Waals surface area contributed by atoms with Gasteiger partial charge in [0.05, 0.1) is 19.4 Å². The molecule has 1 unspecified atom stereocenters. The van der Waals surface area contributed by atoms with Crippen molar-refractivity contribution in [3.63, 3.8) is 0 Å². The zero-order valence-corrected chi connectivity index (χ0v) is 14.5. The maximum atomic E-state index is 5.39. The number of H-pyrrole nitrogens is 1. The molecule has 3 heterocycles. The highest BCUT2D eigenvalue weighted by Crippen LogP contribution is 2.18. The van der Waals surface area contributed by atoms with Gasteiger partial charge in [-0.3, -0.25) is 5.43 Å². The molecular formula is C17H20N6OS. The number of morpholine rings is 1. The zero-order valence-electron chi connectivity index (χ0n) is 13.6. The highest BCUT2D eigenvalue weighted by Gasteiger charge is 2.28. The topological polar surface area (TPSA) is 77.0 Å². The number of aromatic amines is 1. The quantitative estimate of drug-likeness (QED) is 0.290. The molecule has 0 amide bonds. The summed E-state index contributed by atoms with van der Waals surface area (Å²) in [6.45, 7) is 3.13. The summed E-state index contributed by atoms with van der Waals surface area (Å²) in [6.07, 6.45) is 7.37. The molecule has 1 fully saturated rings. The summed E-state index contributed by atoms with van der Waals surface area (Å²) >= 11 is 4.59. The van der Waals surface area contributed by atoms with E-state index >= 15 is 0 Å². The number of para-hydroxylation sites is 1. The molecule has 0 saturated carbocycles. The molecule has 25 heavy (non-hydrogen) atoms. The molecule has 4 rings (SSSR count). The van der Waals surface area contributed by atoms with Crippen LogP contribution in [0.1, 0.15) is 5.56 Å². The summed E-state index contributed by atoms with van der Waals surface area (Å²) in [4.78, 5) is 9.79. The van der Waals surface area contributed by atoms with Gasteiger partial charge in [0.2, 0.25) is 0 Å². The number of fused-ring (bicyclic) bond motifs is 1. The van der Waals surface area contributed by atoms with Gasteiger partial charge >= 0.3 is 0 Å². The predicted octanol–water partition coefficient (Wildman–Crippen LogP) is 1.48. The Morgan fingerprint density at radius 3 is 3.04 bits per heavy atom. The number of benzene rings is 1. The van der Waals surface area contributed by atoms with Crippen LogP contribution in [-0.4, -0.2) is 53.7 Å². The van der Waals surface area contributed by atoms with Crippen molar-refractivity contribution in [1.82, 2.24) is 20.6 Å². The predicted molar refractivity (Wildman–Crippen MR) is 103 cm³/mol. The molecule has 0 radical (unpaired) electrons. The highest BCUT2D eigenvalue weighted by atomic mass is 32.1. The van der Waals surface area contributed by atoms with E-state index in [-0.39, 0.29) is 0 Å². The summed E-state index contributed by atoms with van der Waals surface area (Å²) in [7, 11) is 0. The first kappa shape index (κ1) is 16.0. The van der Waals surface area contributed by atoms with Crippen molar-refractivity contribution in [3.05, 3.63) is 47.9 Å². The van der Waals surface area contributed by atoms with E-state index in [2.05, 4.69) is 49.4 Å². The van der Waals surface area contributed by atoms with E-state index in [0.29, 0.717) is 0 Å². The van der Waals surface area contributed by atoms with Gasteiger partial charge in [0.25, 0.3) is 5.12 Å². The fourth-order valence-electron chi connectivity index (χ4n) is 2.91. The summed E-state index contributed by atoms with van der Waals surface area (Å²) in [5, 5.41) is 7.74. The minimum Gasteiger partial charge on any atom is -0.378 e. The Hall–Kier alpha value is -2.45. The number of nitrogens with one attached hydrogen (secondary N) is 3.